The van der Waals surface area contributed by atoms with Gasteiger partial charge in [-0.1, -0.05) is 12.1 Å². The Morgan fingerprint density at radius 1 is 1.31 bits per heavy atom. The average molecular weight is 410 g/mol. The van der Waals surface area contributed by atoms with Gasteiger partial charge in [0.05, 0.1) is 5.69 Å². The van der Waals surface area contributed by atoms with Crippen LogP contribution in [0.1, 0.15) is 27.9 Å². The Labute approximate surface area is 175 Å². The summed E-state index contributed by atoms with van der Waals surface area (Å²) in [7, 11) is 0. The molecule has 7 heteroatoms. The number of fused-ring (bicyclic) bond motifs is 1. The van der Waals surface area contributed by atoms with E-state index in [4.69, 9.17) is 5.73 Å². The lowest BCUT2D eigenvalue weighted by atomic mass is 10.1. The minimum Gasteiger partial charge on any atom is -0.397 e. The van der Waals surface area contributed by atoms with E-state index in [2.05, 4.69) is 51.7 Å². The topological polar surface area (TPSA) is 83.3 Å². The fourth-order valence-corrected chi connectivity index (χ4v) is 4.75. The molecule has 3 heterocycles. The molecular weight excluding hydrogens is 382 g/mol. The summed E-state index contributed by atoms with van der Waals surface area (Å²) in [5.41, 5.74) is 10.1. The standard InChI is InChI=1S/C22H27N5OS/c1-14-3-8-18-19(23)20(29-22(18)26-14)21(28)25-10-9-16-4-6-17(7-5-16)27-12-11-24-15(2)13-27/h3-8,15,24H,9-13,23H2,1-2H3,(H,25,28). The number of hydrogen-bond donors (Lipinski definition) is 3. The number of nitrogens with zero attached hydrogens (tertiary/aromatic N) is 2. The average Bonchev–Trinajstić information content (AvgIpc) is 3.04. The molecular formula is C22H27N5OS. The predicted octanol–water partition coefficient (Wildman–Crippen LogP) is 2.96. The van der Waals surface area contributed by atoms with Gasteiger partial charge in [-0.15, -0.1) is 11.3 Å². The van der Waals surface area contributed by atoms with Crippen LogP contribution in [0.5, 0.6) is 0 Å². The van der Waals surface area contributed by atoms with E-state index < -0.39 is 0 Å². The molecule has 0 bridgehead atoms. The molecule has 2 aromatic heterocycles. The van der Waals surface area contributed by atoms with E-state index in [-0.39, 0.29) is 5.91 Å². The number of thiophene rings is 1. The van der Waals surface area contributed by atoms with Crippen LogP contribution in [0.2, 0.25) is 0 Å². The number of nitrogen functional groups attached to an aromatic ring is 1. The lowest BCUT2D eigenvalue weighted by Crippen LogP contribution is -2.49. The second-order valence-electron chi connectivity index (χ2n) is 7.62. The van der Waals surface area contributed by atoms with Crippen LogP contribution < -0.4 is 21.3 Å². The fraction of sp³-hybridized carbons (Fsp3) is 0.364. The number of rotatable bonds is 5. The smallest absolute Gasteiger partial charge is 0.263 e. The monoisotopic (exact) mass is 409 g/mol. The van der Waals surface area contributed by atoms with Crippen LogP contribution in [0.25, 0.3) is 10.2 Å². The molecule has 4 N–H and O–H groups in total. The van der Waals surface area contributed by atoms with Crippen molar-refractivity contribution in [3.63, 3.8) is 0 Å². The van der Waals surface area contributed by atoms with Crippen LogP contribution in [0.15, 0.2) is 36.4 Å². The number of nitrogens with one attached hydrogen (secondary N) is 2. The van der Waals surface area contributed by atoms with E-state index in [9.17, 15) is 4.79 Å². The summed E-state index contributed by atoms with van der Waals surface area (Å²) < 4.78 is 0. The molecule has 1 aliphatic rings. The molecule has 6 nitrogen and oxygen atoms in total. The third-order valence-corrected chi connectivity index (χ3v) is 6.42. The molecule has 1 saturated heterocycles. The Balaban J connectivity index is 1.34. The zero-order valence-electron chi connectivity index (χ0n) is 16.9. The number of benzene rings is 1. The second kappa shape index (κ2) is 8.39. The Bertz CT molecular complexity index is 1010. The molecule has 152 valence electrons. The quantitative estimate of drug-likeness (QED) is 0.603. The molecule has 1 atom stereocenters. The van der Waals surface area contributed by atoms with E-state index >= 15 is 0 Å². The van der Waals surface area contributed by atoms with Gasteiger partial charge in [0.2, 0.25) is 0 Å². The number of piperazine rings is 1. The van der Waals surface area contributed by atoms with Crippen molar-refractivity contribution in [1.29, 1.82) is 0 Å². The summed E-state index contributed by atoms with van der Waals surface area (Å²) in [6.07, 6.45) is 0.784. The highest BCUT2D eigenvalue weighted by Crippen LogP contribution is 2.32. The van der Waals surface area contributed by atoms with Crippen LogP contribution in [-0.4, -0.2) is 43.1 Å². The highest BCUT2D eigenvalue weighted by Gasteiger charge is 2.17. The van der Waals surface area contributed by atoms with Crippen LogP contribution in [0.4, 0.5) is 11.4 Å². The Hall–Kier alpha value is -2.64. The number of aryl methyl sites for hydroxylation is 1. The minimum absolute atomic E-state index is 0.130. The first kappa shape index (κ1) is 19.7. The van der Waals surface area contributed by atoms with Gasteiger partial charge in [0.1, 0.15) is 9.71 Å². The SMILES string of the molecule is Cc1ccc2c(N)c(C(=O)NCCc3ccc(N4CCNC(C)C4)cc3)sc2n1. The summed E-state index contributed by atoms with van der Waals surface area (Å²) in [5.74, 6) is -0.130. The molecule has 3 aromatic rings. The summed E-state index contributed by atoms with van der Waals surface area (Å²) in [6.45, 7) is 7.80. The maximum Gasteiger partial charge on any atom is 0.263 e. The molecule has 29 heavy (non-hydrogen) atoms. The van der Waals surface area contributed by atoms with Gasteiger partial charge in [-0.05, 0) is 50.1 Å². The zero-order chi connectivity index (χ0) is 20.4. The van der Waals surface area contributed by atoms with Crippen LogP contribution in [0.3, 0.4) is 0 Å². The molecule has 0 radical (unpaired) electrons. The maximum atomic E-state index is 12.6. The lowest BCUT2D eigenvalue weighted by Gasteiger charge is -2.33. The molecule has 1 aliphatic heterocycles. The van der Waals surface area contributed by atoms with E-state index in [0.29, 0.717) is 23.2 Å². The normalized spacial score (nSPS) is 16.9. The Morgan fingerprint density at radius 3 is 2.86 bits per heavy atom. The zero-order valence-corrected chi connectivity index (χ0v) is 17.7. The maximum absolute atomic E-state index is 12.6. The number of carbonyl (C=O) groups excluding carboxylic acids is 1. The van der Waals surface area contributed by atoms with Gasteiger partial charge in [-0.3, -0.25) is 4.79 Å². The van der Waals surface area contributed by atoms with Gasteiger partial charge in [0.25, 0.3) is 5.91 Å². The number of pyridine rings is 1. The van der Waals surface area contributed by atoms with Crippen LogP contribution >= 0.6 is 11.3 Å². The molecule has 1 aromatic carbocycles. The van der Waals surface area contributed by atoms with Crippen molar-refractivity contribution >= 4 is 38.8 Å². The number of hydrogen-bond acceptors (Lipinski definition) is 6. The molecule has 0 aliphatic carbocycles. The fourth-order valence-electron chi connectivity index (χ4n) is 3.70. The van der Waals surface area contributed by atoms with Crippen molar-refractivity contribution in [3.8, 4) is 0 Å². The Kier molecular flexibility index (Phi) is 5.69. The largest absolute Gasteiger partial charge is 0.397 e. The highest BCUT2D eigenvalue weighted by atomic mass is 32.1. The predicted molar refractivity (Wildman–Crippen MR) is 121 cm³/mol. The lowest BCUT2D eigenvalue weighted by molar-refractivity contribution is 0.0959. The molecule has 1 unspecified atom stereocenters. The van der Waals surface area contributed by atoms with Crippen molar-refractivity contribution in [3.05, 3.63) is 52.5 Å². The van der Waals surface area contributed by atoms with Crippen LogP contribution in [0, 0.1) is 6.92 Å². The van der Waals surface area contributed by atoms with Gasteiger partial charge in [-0.25, -0.2) is 4.98 Å². The molecule has 4 rings (SSSR count). The molecule has 1 amide bonds. The van der Waals surface area contributed by atoms with E-state index in [1.165, 1.54) is 22.6 Å². The summed E-state index contributed by atoms with van der Waals surface area (Å²) in [6, 6.07) is 13.0. The van der Waals surface area contributed by atoms with Crippen molar-refractivity contribution in [2.75, 3.05) is 36.8 Å². The first-order chi connectivity index (χ1) is 14.0. The first-order valence-corrected chi connectivity index (χ1v) is 10.8. The second-order valence-corrected chi connectivity index (χ2v) is 8.62. The third-order valence-electron chi connectivity index (χ3n) is 5.31. The summed E-state index contributed by atoms with van der Waals surface area (Å²) in [4.78, 5) is 20.8. The minimum atomic E-state index is -0.130. The summed E-state index contributed by atoms with van der Waals surface area (Å²) >= 11 is 1.35. The van der Waals surface area contributed by atoms with Gasteiger partial charge in [0, 0.05) is 49.0 Å². The van der Waals surface area contributed by atoms with Crippen LogP contribution in [-0.2, 0) is 6.42 Å². The van der Waals surface area contributed by atoms with Crippen molar-refractivity contribution in [2.24, 2.45) is 0 Å². The van der Waals surface area contributed by atoms with Gasteiger partial charge < -0.3 is 21.3 Å². The number of aromatic nitrogens is 1. The number of carbonyl (C=O) groups is 1. The third kappa shape index (κ3) is 4.36. The van der Waals surface area contributed by atoms with E-state index in [1.807, 2.05) is 19.1 Å². The summed E-state index contributed by atoms with van der Waals surface area (Å²) in [5, 5.41) is 7.31. The number of anilines is 2. The highest BCUT2D eigenvalue weighted by molar-refractivity contribution is 7.21. The Morgan fingerprint density at radius 2 is 2.10 bits per heavy atom. The van der Waals surface area contributed by atoms with E-state index in [1.54, 1.807) is 0 Å². The molecule has 0 spiro atoms. The van der Waals surface area contributed by atoms with Crippen molar-refractivity contribution in [2.45, 2.75) is 26.3 Å². The number of amides is 1. The molecule has 0 saturated carbocycles. The number of nitrogens with two attached hydrogens (primary N) is 1. The first-order valence-electron chi connectivity index (χ1n) is 10.0. The van der Waals surface area contributed by atoms with Crippen molar-refractivity contribution in [1.82, 2.24) is 15.6 Å². The van der Waals surface area contributed by atoms with Gasteiger partial charge in [-0.2, -0.15) is 0 Å². The van der Waals surface area contributed by atoms with Gasteiger partial charge in [0.15, 0.2) is 0 Å². The van der Waals surface area contributed by atoms with E-state index in [0.717, 1.165) is 42.0 Å². The van der Waals surface area contributed by atoms with Gasteiger partial charge >= 0.3 is 0 Å². The molecule has 1 fully saturated rings. The van der Waals surface area contributed by atoms with Crippen molar-refractivity contribution < 1.29 is 4.79 Å².